The van der Waals surface area contributed by atoms with Crippen molar-refractivity contribution in [3.63, 3.8) is 0 Å². The number of para-hydroxylation sites is 1. The van der Waals surface area contributed by atoms with Gasteiger partial charge in [-0.1, -0.05) is 37.5 Å². The molecule has 2 aliphatic rings. The van der Waals surface area contributed by atoms with Gasteiger partial charge in [-0.3, -0.25) is 9.69 Å². The fraction of sp³-hybridized carbons (Fsp3) is 0.650. The zero-order valence-corrected chi connectivity index (χ0v) is 14.8. The number of rotatable bonds is 6. The second-order valence-electron chi connectivity index (χ2n) is 7.08. The van der Waals surface area contributed by atoms with Gasteiger partial charge in [-0.05, 0) is 44.8 Å². The second-order valence-corrected chi connectivity index (χ2v) is 7.08. The van der Waals surface area contributed by atoms with Gasteiger partial charge in [0.05, 0.1) is 13.2 Å². The fourth-order valence-electron chi connectivity index (χ4n) is 4.14. The Morgan fingerprint density at radius 1 is 1.17 bits per heavy atom. The molecule has 1 saturated heterocycles. The van der Waals surface area contributed by atoms with Crippen LogP contribution in [0.1, 0.15) is 56.6 Å². The third-order valence-corrected chi connectivity index (χ3v) is 5.52. The Labute approximate surface area is 145 Å². The highest BCUT2D eigenvalue weighted by molar-refractivity contribution is 5.78. The summed E-state index contributed by atoms with van der Waals surface area (Å²) in [5.41, 5.74) is 1.19. The number of amides is 1. The highest BCUT2D eigenvalue weighted by Gasteiger charge is 2.28. The summed E-state index contributed by atoms with van der Waals surface area (Å²) >= 11 is 0. The lowest BCUT2D eigenvalue weighted by atomic mass is 9.88. The van der Waals surface area contributed by atoms with Crippen molar-refractivity contribution < 1.29 is 9.53 Å². The molecule has 1 amide bonds. The average molecular weight is 330 g/mol. The van der Waals surface area contributed by atoms with E-state index in [4.69, 9.17) is 4.74 Å². The maximum absolute atomic E-state index is 12.5. The monoisotopic (exact) mass is 330 g/mol. The van der Waals surface area contributed by atoms with Gasteiger partial charge in [0.25, 0.3) is 0 Å². The van der Waals surface area contributed by atoms with E-state index in [0.29, 0.717) is 6.54 Å². The van der Waals surface area contributed by atoms with Gasteiger partial charge in [-0.2, -0.15) is 0 Å². The van der Waals surface area contributed by atoms with E-state index < -0.39 is 0 Å². The zero-order valence-electron chi connectivity index (χ0n) is 14.8. The molecule has 0 radical (unpaired) electrons. The van der Waals surface area contributed by atoms with Gasteiger partial charge in [-0.25, -0.2) is 0 Å². The zero-order chi connectivity index (χ0) is 16.8. The summed E-state index contributed by atoms with van der Waals surface area (Å²) in [6, 6.07) is 8.42. The van der Waals surface area contributed by atoms with Gasteiger partial charge < -0.3 is 10.1 Å². The summed E-state index contributed by atoms with van der Waals surface area (Å²) in [6.45, 7) is 2.87. The summed E-state index contributed by atoms with van der Waals surface area (Å²) in [5, 5.41) is 3.24. The molecule has 1 aromatic rings. The van der Waals surface area contributed by atoms with Crippen LogP contribution in [-0.4, -0.2) is 37.6 Å². The van der Waals surface area contributed by atoms with Crippen molar-refractivity contribution in [3.05, 3.63) is 29.8 Å². The van der Waals surface area contributed by atoms with Crippen LogP contribution in [0.4, 0.5) is 0 Å². The molecule has 0 aromatic heterocycles. The first-order chi connectivity index (χ1) is 11.8. The molecule has 0 bridgehead atoms. The average Bonchev–Trinajstić information content (AvgIpc) is 3.17. The maximum atomic E-state index is 12.5. The second kappa shape index (κ2) is 8.52. The quantitative estimate of drug-likeness (QED) is 0.867. The van der Waals surface area contributed by atoms with Crippen LogP contribution in [0.3, 0.4) is 0 Å². The van der Waals surface area contributed by atoms with Crippen molar-refractivity contribution in [2.24, 2.45) is 5.92 Å². The Bertz CT molecular complexity index is 534. The number of hydrogen-bond donors (Lipinski definition) is 1. The molecular formula is C20H30N2O2. The Hall–Kier alpha value is -1.55. The van der Waals surface area contributed by atoms with E-state index in [1.807, 2.05) is 12.1 Å². The van der Waals surface area contributed by atoms with E-state index >= 15 is 0 Å². The number of likely N-dealkylation sites (tertiary alicyclic amines) is 1. The molecule has 3 rings (SSSR count). The molecule has 1 N–H and O–H groups in total. The van der Waals surface area contributed by atoms with Crippen LogP contribution < -0.4 is 10.1 Å². The number of nitrogens with one attached hydrogen (secondary N) is 1. The van der Waals surface area contributed by atoms with Gasteiger partial charge in [0.15, 0.2) is 0 Å². The normalized spacial score (nSPS) is 20.7. The van der Waals surface area contributed by atoms with Crippen molar-refractivity contribution in [1.82, 2.24) is 10.2 Å². The summed E-state index contributed by atoms with van der Waals surface area (Å²) in [7, 11) is 1.72. The summed E-state index contributed by atoms with van der Waals surface area (Å²) in [4.78, 5) is 15.0. The topological polar surface area (TPSA) is 41.6 Å². The molecule has 0 spiro atoms. The molecule has 1 saturated carbocycles. The number of benzene rings is 1. The van der Waals surface area contributed by atoms with E-state index in [9.17, 15) is 4.79 Å². The molecule has 1 atom stereocenters. The molecule has 1 heterocycles. The standard InChI is InChI=1S/C20H30N2O2/c1-24-19-12-6-5-11-17(19)18(22-13-7-8-14-22)15-21-20(23)16-9-3-2-4-10-16/h5-6,11-12,16,18H,2-4,7-10,13-15H2,1H3,(H,21,23)/t18-/m0/s1. The predicted molar refractivity (Wildman–Crippen MR) is 96.1 cm³/mol. The lowest BCUT2D eigenvalue weighted by Crippen LogP contribution is -2.39. The van der Waals surface area contributed by atoms with Crippen LogP contribution in [0, 0.1) is 5.92 Å². The third kappa shape index (κ3) is 4.10. The lowest BCUT2D eigenvalue weighted by molar-refractivity contribution is -0.126. The third-order valence-electron chi connectivity index (χ3n) is 5.52. The van der Waals surface area contributed by atoms with E-state index in [2.05, 4.69) is 22.3 Å². The van der Waals surface area contributed by atoms with Crippen LogP contribution in [0.15, 0.2) is 24.3 Å². The van der Waals surface area contributed by atoms with Crippen molar-refractivity contribution in [3.8, 4) is 5.75 Å². The first-order valence-corrected chi connectivity index (χ1v) is 9.44. The van der Waals surface area contributed by atoms with Crippen molar-refractivity contribution in [2.45, 2.75) is 51.0 Å². The first-order valence-electron chi connectivity index (χ1n) is 9.44. The number of carbonyl (C=O) groups is 1. The minimum atomic E-state index is 0.205. The van der Waals surface area contributed by atoms with Crippen LogP contribution in [0.5, 0.6) is 5.75 Å². The number of ether oxygens (including phenoxy) is 1. The highest BCUT2D eigenvalue weighted by Crippen LogP contribution is 2.31. The van der Waals surface area contributed by atoms with Crippen LogP contribution in [0.2, 0.25) is 0 Å². The van der Waals surface area contributed by atoms with Crippen molar-refractivity contribution >= 4 is 5.91 Å². The molecule has 4 heteroatoms. The molecule has 24 heavy (non-hydrogen) atoms. The molecule has 1 aliphatic heterocycles. The Balaban J connectivity index is 1.69. The SMILES string of the molecule is COc1ccccc1[C@H](CNC(=O)C1CCCCC1)N1CCCC1. The van der Waals surface area contributed by atoms with Crippen molar-refractivity contribution in [2.75, 3.05) is 26.7 Å². The molecule has 4 nitrogen and oxygen atoms in total. The van der Waals surface area contributed by atoms with E-state index in [1.165, 1.54) is 37.7 Å². The minimum absolute atomic E-state index is 0.205. The predicted octanol–water partition coefficient (Wildman–Crippen LogP) is 3.53. The summed E-state index contributed by atoms with van der Waals surface area (Å²) < 4.78 is 5.57. The van der Waals surface area contributed by atoms with Crippen molar-refractivity contribution in [1.29, 1.82) is 0 Å². The molecule has 2 fully saturated rings. The fourth-order valence-corrected chi connectivity index (χ4v) is 4.14. The number of methoxy groups -OCH3 is 1. The lowest BCUT2D eigenvalue weighted by Gasteiger charge is -2.30. The van der Waals surface area contributed by atoms with E-state index in [1.54, 1.807) is 7.11 Å². The number of nitrogens with zero attached hydrogens (tertiary/aromatic N) is 1. The van der Waals surface area contributed by atoms with Gasteiger partial charge in [-0.15, -0.1) is 0 Å². The molecule has 132 valence electrons. The Morgan fingerprint density at radius 2 is 1.88 bits per heavy atom. The first kappa shape index (κ1) is 17.3. The van der Waals surface area contributed by atoms with Crippen LogP contribution >= 0.6 is 0 Å². The van der Waals surface area contributed by atoms with Crippen LogP contribution in [-0.2, 0) is 4.79 Å². The smallest absolute Gasteiger partial charge is 0.223 e. The Kier molecular flexibility index (Phi) is 6.13. The van der Waals surface area contributed by atoms with E-state index in [0.717, 1.165) is 31.7 Å². The van der Waals surface area contributed by atoms with Gasteiger partial charge >= 0.3 is 0 Å². The highest BCUT2D eigenvalue weighted by atomic mass is 16.5. The summed E-state index contributed by atoms with van der Waals surface area (Å²) in [6.07, 6.45) is 8.25. The molecular weight excluding hydrogens is 300 g/mol. The maximum Gasteiger partial charge on any atom is 0.223 e. The molecule has 1 aromatic carbocycles. The van der Waals surface area contributed by atoms with Crippen LogP contribution in [0.25, 0.3) is 0 Å². The minimum Gasteiger partial charge on any atom is -0.496 e. The number of carbonyl (C=O) groups excluding carboxylic acids is 1. The number of hydrogen-bond acceptors (Lipinski definition) is 3. The molecule has 1 aliphatic carbocycles. The van der Waals surface area contributed by atoms with Gasteiger partial charge in [0.1, 0.15) is 5.75 Å². The Morgan fingerprint density at radius 3 is 2.58 bits per heavy atom. The summed E-state index contributed by atoms with van der Waals surface area (Å²) in [5.74, 6) is 1.38. The molecule has 0 unspecified atom stereocenters. The van der Waals surface area contributed by atoms with E-state index in [-0.39, 0.29) is 17.9 Å². The van der Waals surface area contributed by atoms with Gasteiger partial charge in [0, 0.05) is 18.0 Å². The van der Waals surface area contributed by atoms with Gasteiger partial charge in [0.2, 0.25) is 5.91 Å². The largest absolute Gasteiger partial charge is 0.496 e.